The molecule has 1 rings (SSSR count). The lowest BCUT2D eigenvalue weighted by Crippen LogP contribution is -2.27. The van der Waals surface area contributed by atoms with E-state index in [0.29, 0.717) is 35.5 Å². The van der Waals surface area contributed by atoms with Crippen LogP contribution in [0.15, 0.2) is 0 Å². The van der Waals surface area contributed by atoms with Crippen molar-refractivity contribution in [3.8, 4) is 0 Å². The van der Waals surface area contributed by atoms with Crippen molar-refractivity contribution in [1.82, 2.24) is 10.3 Å². The summed E-state index contributed by atoms with van der Waals surface area (Å²) in [5, 5.41) is 2.66. The highest BCUT2D eigenvalue weighted by atomic mass is 16.5. The number of rotatable bonds is 7. The van der Waals surface area contributed by atoms with Gasteiger partial charge in [0.2, 0.25) is 0 Å². The summed E-state index contributed by atoms with van der Waals surface area (Å²) in [6.45, 7) is 7.40. The first kappa shape index (κ1) is 16.9. The minimum absolute atomic E-state index is 0.0637. The highest BCUT2D eigenvalue weighted by Gasteiger charge is 2.21. The van der Waals surface area contributed by atoms with E-state index in [1.165, 1.54) is 6.92 Å². The summed E-state index contributed by atoms with van der Waals surface area (Å²) >= 11 is 0. The van der Waals surface area contributed by atoms with Crippen molar-refractivity contribution in [2.24, 2.45) is 0 Å². The molecule has 0 aromatic carbocycles. The van der Waals surface area contributed by atoms with Gasteiger partial charge in [0.1, 0.15) is 5.69 Å². The van der Waals surface area contributed by atoms with Crippen molar-refractivity contribution >= 4 is 17.7 Å². The van der Waals surface area contributed by atoms with Gasteiger partial charge in [-0.3, -0.25) is 14.4 Å². The number of nitrogens with one attached hydrogen (secondary N) is 2. The first-order chi connectivity index (χ1) is 9.92. The van der Waals surface area contributed by atoms with E-state index in [4.69, 9.17) is 4.74 Å². The third-order valence-electron chi connectivity index (χ3n) is 3.14. The fourth-order valence-corrected chi connectivity index (χ4v) is 2.30. The molecule has 1 aromatic heterocycles. The number of ether oxygens (including phenoxy) is 1. The molecule has 0 spiro atoms. The van der Waals surface area contributed by atoms with Crippen LogP contribution in [0.2, 0.25) is 0 Å². The largest absolute Gasteiger partial charge is 0.466 e. The van der Waals surface area contributed by atoms with Crippen LogP contribution in [0, 0.1) is 6.92 Å². The molecule has 0 saturated heterocycles. The predicted molar refractivity (Wildman–Crippen MR) is 78.5 cm³/mol. The van der Waals surface area contributed by atoms with Crippen LogP contribution < -0.4 is 5.32 Å². The molecule has 116 valence electrons. The van der Waals surface area contributed by atoms with Crippen LogP contribution in [0.25, 0.3) is 0 Å². The standard InChI is InChI=1S/C15H22N2O4/c1-5-11-13(10(4)18)9(3)17-14(11)15(20)16-8-7-12(19)21-6-2/h17H,5-8H2,1-4H3,(H,16,20). The maximum Gasteiger partial charge on any atom is 0.307 e. The summed E-state index contributed by atoms with van der Waals surface area (Å²) < 4.78 is 4.79. The number of Topliss-reactive ketones (excluding diaryl/α,β-unsaturated/α-hetero) is 1. The first-order valence-corrected chi connectivity index (χ1v) is 7.08. The van der Waals surface area contributed by atoms with E-state index in [1.807, 2.05) is 6.92 Å². The van der Waals surface area contributed by atoms with E-state index >= 15 is 0 Å². The van der Waals surface area contributed by atoms with Gasteiger partial charge in [-0.1, -0.05) is 6.92 Å². The molecule has 0 aliphatic carbocycles. The van der Waals surface area contributed by atoms with Gasteiger partial charge in [-0.2, -0.15) is 0 Å². The molecule has 6 heteroatoms. The molecule has 0 bridgehead atoms. The number of carbonyl (C=O) groups excluding carboxylic acids is 3. The molecule has 0 fully saturated rings. The lowest BCUT2D eigenvalue weighted by atomic mass is 10.0. The average molecular weight is 294 g/mol. The van der Waals surface area contributed by atoms with Crippen LogP contribution in [-0.2, 0) is 16.0 Å². The molecule has 0 aliphatic rings. The summed E-state index contributed by atoms with van der Waals surface area (Å²) in [6, 6.07) is 0. The highest BCUT2D eigenvalue weighted by molar-refractivity contribution is 6.02. The summed E-state index contributed by atoms with van der Waals surface area (Å²) in [5.41, 5.74) is 2.38. The molecule has 0 unspecified atom stereocenters. The van der Waals surface area contributed by atoms with Crippen molar-refractivity contribution in [2.75, 3.05) is 13.2 Å². The Morgan fingerprint density at radius 3 is 2.43 bits per heavy atom. The number of amides is 1. The van der Waals surface area contributed by atoms with E-state index in [2.05, 4.69) is 10.3 Å². The summed E-state index contributed by atoms with van der Waals surface area (Å²) in [5.74, 6) is -0.724. The molecule has 21 heavy (non-hydrogen) atoms. The van der Waals surface area contributed by atoms with Gasteiger partial charge >= 0.3 is 5.97 Å². The topological polar surface area (TPSA) is 88.3 Å². The molecular formula is C15H22N2O4. The second-order valence-electron chi connectivity index (χ2n) is 4.70. The van der Waals surface area contributed by atoms with Crippen LogP contribution in [0.1, 0.15) is 59.3 Å². The SMILES string of the molecule is CCOC(=O)CCNC(=O)c1[nH]c(C)c(C(C)=O)c1CC. The Labute approximate surface area is 124 Å². The monoisotopic (exact) mass is 294 g/mol. The minimum Gasteiger partial charge on any atom is -0.466 e. The Hall–Kier alpha value is -2.11. The Morgan fingerprint density at radius 1 is 1.24 bits per heavy atom. The molecule has 0 atom stereocenters. The fraction of sp³-hybridized carbons (Fsp3) is 0.533. The zero-order chi connectivity index (χ0) is 16.0. The van der Waals surface area contributed by atoms with Gasteiger partial charge in [0.15, 0.2) is 5.78 Å². The van der Waals surface area contributed by atoms with Crippen LogP contribution in [0.3, 0.4) is 0 Å². The quantitative estimate of drug-likeness (QED) is 0.592. The van der Waals surface area contributed by atoms with E-state index in [1.54, 1.807) is 13.8 Å². The smallest absolute Gasteiger partial charge is 0.307 e. The number of H-pyrrole nitrogens is 1. The minimum atomic E-state index is -0.347. The van der Waals surface area contributed by atoms with Crippen LogP contribution in [-0.4, -0.2) is 35.8 Å². The molecule has 6 nitrogen and oxygen atoms in total. The van der Waals surface area contributed by atoms with Crippen LogP contribution in [0.4, 0.5) is 0 Å². The number of ketones is 1. The van der Waals surface area contributed by atoms with Gasteiger partial charge in [0.05, 0.1) is 13.0 Å². The maximum absolute atomic E-state index is 12.1. The Balaban J connectivity index is 2.77. The average Bonchev–Trinajstić information content (AvgIpc) is 2.75. The Bertz CT molecular complexity index is 546. The maximum atomic E-state index is 12.1. The number of aromatic nitrogens is 1. The second-order valence-corrected chi connectivity index (χ2v) is 4.70. The lowest BCUT2D eigenvalue weighted by molar-refractivity contribution is -0.142. The summed E-state index contributed by atoms with van der Waals surface area (Å²) in [4.78, 5) is 38.0. The number of carbonyl (C=O) groups is 3. The van der Waals surface area contributed by atoms with Gasteiger partial charge in [0.25, 0.3) is 5.91 Å². The van der Waals surface area contributed by atoms with E-state index < -0.39 is 0 Å². The zero-order valence-corrected chi connectivity index (χ0v) is 13.0. The fourth-order valence-electron chi connectivity index (χ4n) is 2.30. The second kappa shape index (κ2) is 7.61. The first-order valence-electron chi connectivity index (χ1n) is 7.08. The molecule has 0 saturated carbocycles. The molecule has 1 heterocycles. The van der Waals surface area contributed by atoms with Crippen LogP contribution >= 0.6 is 0 Å². The van der Waals surface area contributed by atoms with Crippen molar-refractivity contribution in [3.05, 3.63) is 22.5 Å². The molecule has 1 aromatic rings. The Kier molecular flexibility index (Phi) is 6.14. The summed E-state index contributed by atoms with van der Waals surface area (Å²) in [6.07, 6.45) is 0.709. The van der Waals surface area contributed by atoms with Gasteiger partial charge in [0, 0.05) is 17.8 Å². The highest BCUT2D eigenvalue weighted by Crippen LogP contribution is 2.20. The number of hydrogen-bond donors (Lipinski definition) is 2. The number of aryl methyl sites for hydroxylation is 1. The number of aromatic amines is 1. The molecular weight excluding hydrogens is 272 g/mol. The predicted octanol–water partition coefficient (Wildman–Crippen LogP) is 1.77. The van der Waals surface area contributed by atoms with Gasteiger partial charge in [-0.15, -0.1) is 0 Å². The Morgan fingerprint density at radius 2 is 1.90 bits per heavy atom. The molecule has 2 N–H and O–H groups in total. The van der Waals surface area contributed by atoms with Gasteiger partial charge in [-0.05, 0) is 32.8 Å². The van der Waals surface area contributed by atoms with Crippen molar-refractivity contribution in [1.29, 1.82) is 0 Å². The lowest BCUT2D eigenvalue weighted by Gasteiger charge is -2.06. The molecule has 1 amide bonds. The van der Waals surface area contributed by atoms with E-state index in [-0.39, 0.29) is 30.6 Å². The van der Waals surface area contributed by atoms with E-state index in [9.17, 15) is 14.4 Å². The third kappa shape index (κ3) is 4.18. The number of hydrogen-bond acceptors (Lipinski definition) is 4. The van der Waals surface area contributed by atoms with Gasteiger partial charge in [-0.25, -0.2) is 0 Å². The van der Waals surface area contributed by atoms with E-state index in [0.717, 1.165) is 0 Å². The third-order valence-corrected chi connectivity index (χ3v) is 3.14. The summed E-state index contributed by atoms with van der Waals surface area (Å²) in [7, 11) is 0. The van der Waals surface area contributed by atoms with Crippen molar-refractivity contribution < 1.29 is 19.1 Å². The van der Waals surface area contributed by atoms with Crippen LogP contribution in [0.5, 0.6) is 0 Å². The van der Waals surface area contributed by atoms with Gasteiger partial charge < -0.3 is 15.0 Å². The molecule has 0 aliphatic heterocycles. The van der Waals surface area contributed by atoms with Crippen molar-refractivity contribution in [3.63, 3.8) is 0 Å². The number of esters is 1. The zero-order valence-electron chi connectivity index (χ0n) is 13.0. The normalized spacial score (nSPS) is 10.3. The van der Waals surface area contributed by atoms with Crippen molar-refractivity contribution in [2.45, 2.75) is 40.5 Å². The molecule has 0 radical (unpaired) electrons.